The molecule has 2 N–H and O–H groups in total. The van der Waals surface area contributed by atoms with Gasteiger partial charge in [-0.2, -0.15) is 5.10 Å². The Morgan fingerprint density at radius 3 is 2.95 bits per heavy atom. The molecule has 0 saturated carbocycles. The molecule has 19 heavy (non-hydrogen) atoms. The van der Waals surface area contributed by atoms with E-state index in [1.807, 2.05) is 18.7 Å². The summed E-state index contributed by atoms with van der Waals surface area (Å²) in [4.78, 5) is 14.4. The fourth-order valence-corrected chi connectivity index (χ4v) is 2.44. The average molecular weight is 266 g/mol. The zero-order valence-corrected chi connectivity index (χ0v) is 11.8. The summed E-state index contributed by atoms with van der Waals surface area (Å²) in [6.07, 6.45) is 1.65. The van der Waals surface area contributed by atoms with Gasteiger partial charge in [-0.05, 0) is 19.8 Å². The van der Waals surface area contributed by atoms with E-state index in [1.165, 1.54) is 0 Å². The molecule has 1 amide bonds. The van der Waals surface area contributed by atoms with Crippen molar-refractivity contribution < 1.29 is 9.53 Å². The van der Waals surface area contributed by atoms with Crippen molar-refractivity contribution in [2.45, 2.75) is 32.8 Å². The smallest absolute Gasteiger partial charge is 0.274 e. The number of carbonyl (C=O) groups is 1. The van der Waals surface area contributed by atoms with E-state index in [4.69, 9.17) is 10.5 Å². The largest absolute Gasteiger partial charge is 0.395 e. The molecule has 1 aliphatic heterocycles. The van der Waals surface area contributed by atoms with Crippen LogP contribution >= 0.6 is 0 Å². The highest BCUT2D eigenvalue weighted by Gasteiger charge is 2.26. The van der Waals surface area contributed by atoms with E-state index in [9.17, 15) is 4.79 Å². The third kappa shape index (κ3) is 2.73. The summed E-state index contributed by atoms with van der Waals surface area (Å²) >= 11 is 0. The minimum absolute atomic E-state index is 0.0513. The Morgan fingerprint density at radius 2 is 2.32 bits per heavy atom. The third-order valence-corrected chi connectivity index (χ3v) is 3.44. The molecular weight excluding hydrogens is 244 g/mol. The van der Waals surface area contributed by atoms with Gasteiger partial charge >= 0.3 is 0 Å². The Kier molecular flexibility index (Phi) is 4.09. The summed E-state index contributed by atoms with van der Waals surface area (Å²) in [6.45, 7) is 5.97. The zero-order valence-electron chi connectivity index (χ0n) is 11.8. The van der Waals surface area contributed by atoms with Crippen LogP contribution < -0.4 is 5.73 Å². The molecule has 1 fully saturated rings. The van der Waals surface area contributed by atoms with Crippen LogP contribution in [0.4, 0.5) is 5.69 Å². The molecule has 1 aromatic heterocycles. The number of nitrogens with zero attached hydrogens (tertiary/aromatic N) is 3. The summed E-state index contributed by atoms with van der Waals surface area (Å²) in [5.41, 5.74) is 7.82. The van der Waals surface area contributed by atoms with E-state index < -0.39 is 0 Å². The normalized spacial score (nSPS) is 20.4. The van der Waals surface area contributed by atoms with Crippen molar-refractivity contribution in [1.29, 1.82) is 0 Å². The molecule has 0 bridgehead atoms. The van der Waals surface area contributed by atoms with E-state index in [2.05, 4.69) is 5.10 Å². The molecule has 2 rings (SSSR count). The van der Waals surface area contributed by atoms with E-state index in [0.717, 1.165) is 18.5 Å². The predicted molar refractivity (Wildman–Crippen MR) is 72.9 cm³/mol. The molecule has 1 unspecified atom stereocenters. The Morgan fingerprint density at radius 1 is 1.58 bits per heavy atom. The molecule has 0 spiro atoms. The fraction of sp³-hybridized carbons (Fsp3) is 0.692. The first-order chi connectivity index (χ1) is 9.04. The number of carbonyl (C=O) groups excluding carboxylic acids is 1. The number of hydrogen-bond acceptors (Lipinski definition) is 4. The first kappa shape index (κ1) is 13.9. The molecule has 1 aliphatic rings. The molecule has 0 radical (unpaired) electrons. The van der Waals surface area contributed by atoms with Gasteiger partial charge in [-0.3, -0.25) is 9.48 Å². The van der Waals surface area contributed by atoms with E-state index in [0.29, 0.717) is 31.1 Å². The van der Waals surface area contributed by atoms with Crippen LogP contribution in [0.15, 0.2) is 0 Å². The van der Waals surface area contributed by atoms with E-state index >= 15 is 0 Å². The van der Waals surface area contributed by atoms with Gasteiger partial charge in [0, 0.05) is 26.7 Å². The quantitative estimate of drug-likeness (QED) is 0.860. The number of nitrogen functional groups attached to an aromatic ring is 1. The van der Waals surface area contributed by atoms with Crippen molar-refractivity contribution in [3.8, 4) is 0 Å². The zero-order chi connectivity index (χ0) is 14.0. The molecular formula is C13H22N4O2. The number of aromatic nitrogens is 2. The lowest BCUT2D eigenvalue weighted by atomic mass is 10.2. The lowest BCUT2D eigenvalue weighted by molar-refractivity contribution is 0.0557. The van der Waals surface area contributed by atoms with E-state index in [-0.39, 0.29) is 12.0 Å². The van der Waals surface area contributed by atoms with Crippen LogP contribution in [0, 0.1) is 0 Å². The van der Waals surface area contributed by atoms with Gasteiger partial charge in [0.1, 0.15) is 5.69 Å². The first-order valence-electron chi connectivity index (χ1n) is 6.76. The van der Waals surface area contributed by atoms with Gasteiger partial charge in [0.05, 0.1) is 17.5 Å². The maximum absolute atomic E-state index is 12.6. The van der Waals surface area contributed by atoms with Gasteiger partial charge in [0.25, 0.3) is 5.91 Å². The molecule has 2 heterocycles. The van der Waals surface area contributed by atoms with Gasteiger partial charge in [-0.1, -0.05) is 6.92 Å². The highest BCUT2D eigenvalue weighted by atomic mass is 16.5. The molecule has 0 aliphatic carbocycles. The Hall–Kier alpha value is -1.56. The summed E-state index contributed by atoms with van der Waals surface area (Å²) in [6, 6.07) is 0. The van der Waals surface area contributed by atoms with Crippen LogP contribution in [0.1, 0.15) is 36.5 Å². The topological polar surface area (TPSA) is 73.4 Å². The van der Waals surface area contributed by atoms with Crippen molar-refractivity contribution in [2.75, 3.05) is 25.4 Å². The van der Waals surface area contributed by atoms with Gasteiger partial charge in [-0.25, -0.2) is 0 Å². The number of nitrogens with two attached hydrogens (primary N) is 1. The average Bonchev–Trinajstić information content (AvgIpc) is 2.54. The van der Waals surface area contributed by atoms with E-state index in [1.54, 1.807) is 11.7 Å². The molecule has 1 saturated heterocycles. The highest BCUT2D eigenvalue weighted by molar-refractivity contribution is 5.98. The summed E-state index contributed by atoms with van der Waals surface area (Å²) in [5.74, 6) is -0.0513. The van der Waals surface area contributed by atoms with Crippen molar-refractivity contribution >= 4 is 11.6 Å². The Bertz CT molecular complexity index is 469. The van der Waals surface area contributed by atoms with Crippen molar-refractivity contribution in [1.82, 2.24) is 14.7 Å². The van der Waals surface area contributed by atoms with Crippen LogP contribution in [0.25, 0.3) is 0 Å². The lowest BCUT2D eigenvalue weighted by Crippen LogP contribution is -2.37. The molecule has 106 valence electrons. The van der Waals surface area contributed by atoms with Crippen LogP contribution in [0.2, 0.25) is 0 Å². The number of ether oxygens (including phenoxy) is 1. The highest BCUT2D eigenvalue weighted by Crippen LogP contribution is 2.20. The minimum atomic E-state index is -0.0513. The fourth-order valence-electron chi connectivity index (χ4n) is 2.44. The summed E-state index contributed by atoms with van der Waals surface area (Å²) in [7, 11) is 1.76. The second kappa shape index (κ2) is 5.61. The monoisotopic (exact) mass is 266 g/mol. The van der Waals surface area contributed by atoms with Crippen LogP contribution in [-0.4, -0.2) is 46.4 Å². The maximum Gasteiger partial charge on any atom is 0.274 e. The summed E-state index contributed by atoms with van der Waals surface area (Å²) in [5, 5.41) is 4.30. The minimum Gasteiger partial charge on any atom is -0.395 e. The SMILES string of the molecule is CCc1nn(C)c(C(=O)N2CCCOC(C)C2)c1N. The maximum atomic E-state index is 12.6. The van der Waals surface area contributed by atoms with Crippen LogP contribution in [0.5, 0.6) is 0 Å². The third-order valence-electron chi connectivity index (χ3n) is 3.44. The first-order valence-corrected chi connectivity index (χ1v) is 6.76. The van der Waals surface area contributed by atoms with Gasteiger partial charge in [-0.15, -0.1) is 0 Å². The molecule has 0 aromatic carbocycles. The van der Waals surface area contributed by atoms with Gasteiger partial charge in [0.2, 0.25) is 0 Å². The second-order valence-corrected chi connectivity index (χ2v) is 4.97. The summed E-state index contributed by atoms with van der Waals surface area (Å²) < 4.78 is 7.15. The number of hydrogen-bond donors (Lipinski definition) is 1. The number of aryl methyl sites for hydroxylation is 2. The van der Waals surface area contributed by atoms with Crippen molar-refractivity contribution in [3.05, 3.63) is 11.4 Å². The number of amides is 1. The van der Waals surface area contributed by atoms with Gasteiger partial charge in [0.15, 0.2) is 0 Å². The molecule has 1 aromatic rings. The molecule has 6 nitrogen and oxygen atoms in total. The standard InChI is InChI=1S/C13H22N4O2/c1-4-10-11(14)12(16(3)15-10)13(18)17-6-5-7-19-9(2)8-17/h9H,4-8,14H2,1-3H3. The van der Waals surface area contributed by atoms with Crippen molar-refractivity contribution in [2.24, 2.45) is 7.05 Å². The lowest BCUT2D eigenvalue weighted by Gasteiger charge is -2.22. The Balaban J connectivity index is 2.25. The van der Waals surface area contributed by atoms with Crippen molar-refractivity contribution in [3.63, 3.8) is 0 Å². The second-order valence-electron chi connectivity index (χ2n) is 4.97. The van der Waals surface area contributed by atoms with Gasteiger partial charge < -0.3 is 15.4 Å². The van der Waals surface area contributed by atoms with Crippen LogP contribution in [0.3, 0.4) is 0 Å². The molecule has 6 heteroatoms. The number of anilines is 1. The van der Waals surface area contributed by atoms with Crippen LogP contribution in [-0.2, 0) is 18.2 Å². The Labute approximate surface area is 113 Å². The molecule has 1 atom stereocenters. The number of rotatable bonds is 2. The predicted octanol–water partition coefficient (Wildman–Crippen LogP) is 0.816.